The van der Waals surface area contributed by atoms with Crippen LogP contribution in [0.25, 0.3) is 26.8 Å². The number of rotatable bonds is 9. The number of hydrogen-bond donors (Lipinski definition) is 1. The SMILES string of the molecule is CCCC(CC)CCc1ccc2cc(-c3ccc(/C(C)=C(\C#N)S(N)(=O)=O)s3)ccc2c1. The lowest BCUT2D eigenvalue weighted by atomic mass is 9.92. The Balaban J connectivity index is 1.84. The van der Waals surface area contributed by atoms with Crippen LogP contribution < -0.4 is 5.14 Å². The zero-order valence-electron chi connectivity index (χ0n) is 18.9. The molecule has 6 heteroatoms. The molecule has 1 unspecified atom stereocenters. The third-order valence-corrected chi connectivity index (χ3v) is 8.23. The molecular formula is C26H30N2O2S2. The Morgan fingerprint density at radius 2 is 1.78 bits per heavy atom. The Labute approximate surface area is 195 Å². The number of benzene rings is 2. The molecule has 3 aromatic rings. The molecule has 1 aromatic heterocycles. The molecule has 0 amide bonds. The van der Waals surface area contributed by atoms with Gasteiger partial charge in [-0.1, -0.05) is 63.4 Å². The smallest absolute Gasteiger partial charge is 0.224 e. The van der Waals surface area contributed by atoms with Gasteiger partial charge in [0.25, 0.3) is 0 Å². The molecule has 0 fully saturated rings. The number of fused-ring (bicyclic) bond motifs is 1. The number of nitrogens with two attached hydrogens (primary N) is 1. The minimum Gasteiger partial charge on any atom is -0.224 e. The Kier molecular flexibility index (Phi) is 7.89. The summed E-state index contributed by atoms with van der Waals surface area (Å²) in [6, 6.07) is 18.6. The molecule has 0 bridgehead atoms. The average molecular weight is 467 g/mol. The number of primary sulfonamides is 1. The van der Waals surface area contributed by atoms with Crippen LogP contribution in [0.5, 0.6) is 0 Å². The fourth-order valence-electron chi connectivity index (χ4n) is 4.10. The van der Waals surface area contributed by atoms with E-state index in [0.717, 1.165) is 27.7 Å². The molecule has 0 aliphatic rings. The van der Waals surface area contributed by atoms with E-state index < -0.39 is 10.0 Å². The minimum absolute atomic E-state index is 0.380. The Morgan fingerprint density at radius 1 is 1.06 bits per heavy atom. The molecule has 0 spiro atoms. The molecule has 4 nitrogen and oxygen atoms in total. The summed E-state index contributed by atoms with van der Waals surface area (Å²) < 4.78 is 23.3. The summed E-state index contributed by atoms with van der Waals surface area (Å²) >= 11 is 1.46. The highest BCUT2D eigenvalue weighted by Gasteiger charge is 2.18. The molecule has 32 heavy (non-hydrogen) atoms. The zero-order chi connectivity index (χ0) is 23.3. The van der Waals surface area contributed by atoms with Crippen molar-refractivity contribution in [1.82, 2.24) is 0 Å². The lowest BCUT2D eigenvalue weighted by molar-refractivity contribution is 0.432. The van der Waals surface area contributed by atoms with Crippen molar-refractivity contribution in [2.24, 2.45) is 11.1 Å². The van der Waals surface area contributed by atoms with Crippen LogP contribution in [0.1, 0.15) is 56.9 Å². The van der Waals surface area contributed by atoms with Gasteiger partial charge in [0.2, 0.25) is 10.0 Å². The van der Waals surface area contributed by atoms with Gasteiger partial charge in [0.15, 0.2) is 4.91 Å². The molecular weight excluding hydrogens is 436 g/mol. The highest BCUT2D eigenvalue weighted by atomic mass is 32.2. The van der Waals surface area contributed by atoms with Gasteiger partial charge >= 0.3 is 0 Å². The first-order valence-corrected chi connectivity index (χ1v) is 13.4. The monoisotopic (exact) mass is 466 g/mol. The van der Waals surface area contributed by atoms with Crippen molar-refractivity contribution >= 4 is 37.7 Å². The van der Waals surface area contributed by atoms with Crippen LogP contribution in [0.2, 0.25) is 0 Å². The lowest BCUT2D eigenvalue weighted by Crippen LogP contribution is -2.14. The largest absolute Gasteiger partial charge is 0.248 e. The van der Waals surface area contributed by atoms with Gasteiger partial charge < -0.3 is 0 Å². The standard InChI is InChI=1S/C26H30N2O2S2/c1-4-6-19(5-2)7-8-20-9-10-22-16-23(12-11-21(22)15-20)25-14-13-24(31-25)18(3)26(17-27)32(28,29)30/h9-16,19H,4-8H2,1-3H3,(H2,28,29,30)/b26-18+. The fraction of sp³-hybridized carbons (Fsp3) is 0.346. The fourth-order valence-corrected chi connectivity index (χ4v) is 5.84. The first kappa shape index (κ1) is 24.2. The van der Waals surface area contributed by atoms with Gasteiger partial charge in [0, 0.05) is 9.75 Å². The Bertz CT molecular complexity index is 1280. The molecule has 2 N–H and O–H groups in total. The minimum atomic E-state index is -4.04. The summed E-state index contributed by atoms with van der Waals surface area (Å²) in [7, 11) is -4.04. The molecule has 1 heterocycles. The second-order valence-corrected chi connectivity index (χ2v) is 10.9. The van der Waals surface area contributed by atoms with Crippen molar-refractivity contribution in [3.8, 4) is 16.5 Å². The van der Waals surface area contributed by atoms with Gasteiger partial charge in [0.1, 0.15) is 6.07 Å². The van der Waals surface area contributed by atoms with Crippen LogP contribution in [0.3, 0.4) is 0 Å². The first-order chi connectivity index (χ1) is 15.3. The normalized spacial score (nSPS) is 13.6. The van der Waals surface area contributed by atoms with Crippen molar-refractivity contribution in [1.29, 1.82) is 5.26 Å². The maximum Gasteiger partial charge on any atom is 0.248 e. The van der Waals surface area contributed by atoms with Gasteiger partial charge in [-0.15, -0.1) is 11.3 Å². The van der Waals surface area contributed by atoms with E-state index in [1.54, 1.807) is 13.0 Å². The third-order valence-electron chi connectivity index (χ3n) is 6.01. The second-order valence-electron chi connectivity index (χ2n) is 8.27. The van der Waals surface area contributed by atoms with E-state index in [1.165, 1.54) is 53.4 Å². The molecule has 0 saturated heterocycles. The van der Waals surface area contributed by atoms with Crippen molar-refractivity contribution in [3.05, 3.63) is 63.9 Å². The van der Waals surface area contributed by atoms with Crippen LogP contribution >= 0.6 is 11.3 Å². The maximum absolute atomic E-state index is 11.7. The van der Waals surface area contributed by atoms with Gasteiger partial charge in [-0.3, -0.25) is 0 Å². The van der Waals surface area contributed by atoms with Crippen molar-refractivity contribution in [2.45, 2.75) is 52.9 Å². The molecule has 0 radical (unpaired) electrons. The number of aryl methyl sites for hydroxylation is 1. The number of allylic oxidation sites excluding steroid dienone is 2. The van der Waals surface area contributed by atoms with Crippen molar-refractivity contribution in [3.63, 3.8) is 0 Å². The van der Waals surface area contributed by atoms with Crippen LogP contribution in [-0.4, -0.2) is 8.42 Å². The summed E-state index contributed by atoms with van der Waals surface area (Å²) in [4.78, 5) is 1.35. The first-order valence-electron chi connectivity index (χ1n) is 11.0. The molecule has 0 aliphatic carbocycles. The summed E-state index contributed by atoms with van der Waals surface area (Å²) in [5, 5.41) is 16.8. The number of sulfonamides is 1. The van der Waals surface area contributed by atoms with Crippen LogP contribution in [-0.2, 0) is 16.4 Å². The summed E-state index contributed by atoms with van der Waals surface area (Å²) in [5.74, 6) is 0.805. The maximum atomic E-state index is 11.7. The predicted octanol–water partition coefficient (Wildman–Crippen LogP) is 6.87. The van der Waals surface area contributed by atoms with Crippen LogP contribution in [0, 0.1) is 17.2 Å². The van der Waals surface area contributed by atoms with E-state index >= 15 is 0 Å². The van der Waals surface area contributed by atoms with Crippen molar-refractivity contribution in [2.75, 3.05) is 0 Å². The summed E-state index contributed by atoms with van der Waals surface area (Å²) in [6.07, 6.45) is 6.15. The Hall–Kier alpha value is -2.46. The Morgan fingerprint density at radius 3 is 2.44 bits per heavy atom. The van der Waals surface area contributed by atoms with Gasteiger partial charge in [-0.05, 0) is 71.4 Å². The molecule has 3 rings (SSSR count). The van der Waals surface area contributed by atoms with Crippen LogP contribution in [0.15, 0.2) is 53.4 Å². The van der Waals surface area contributed by atoms with E-state index in [-0.39, 0.29) is 4.91 Å². The average Bonchev–Trinajstić information content (AvgIpc) is 3.26. The quantitative estimate of drug-likeness (QED) is 0.349. The zero-order valence-corrected chi connectivity index (χ0v) is 20.5. The second kappa shape index (κ2) is 10.4. The van der Waals surface area contributed by atoms with Crippen molar-refractivity contribution < 1.29 is 8.42 Å². The van der Waals surface area contributed by atoms with E-state index in [9.17, 15) is 13.7 Å². The number of hydrogen-bond acceptors (Lipinski definition) is 4. The predicted molar refractivity (Wildman–Crippen MR) is 136 cm³/mol. The lowest BCUT2D eigenvalue weighted by Gasteiger charge is -2.13. The van der Waals surface area contributed by atoms with Gasteiger partial charge in [-0.2, -0.15) is 5.26 Å². The molecule has 168 valence electrons. The van der Waals surface area contributed by atoms with E-state index in [4.69, 9.17) is 5.14 Å². The van der Waals surface area contributed by atoms with E-state index in [1.807, 2.05) is 12.1 Å². The highest BCUT2D eigenvalue weighted by Crippen LogP contribution is 2.35. The van der Waals surface area contributed by atoms with E-state index in [0.29, 0.717) is 5.57 Å². The van der Waals surface area contributed by atoms with Crippen LogP contribution in [0.4, 0.5) is 0 Å². The molecule has 0 aliphatic heterocycles. The highest BCUT2D eigenvalue weighted by molar-refractivity contribution is 7.93. The van der Waals surface area contributed by atoms with Gasteiger partial charge in [-0.25, -0.2) is 13.6 Å². The summed E-state index contributed by atoms with van der Waals surface area (Å²) in [5.41, 5.74) is 2.83. The number of nitriles is 1. The summed E-state index contributed by atoms with van der Waals surface area (Å²) in [6.45, 7) is 6.16. The number of nitrogens with zero attached hydrogens (tertiary/aromatic N) is 1. The number of thiophene rings is 1. The molecule has 0 saturated carbocycles. The third kappa shape index (κ3) is 5.66. The van der Waals surface area contributed by atoms with E-state index in [2.05, 4.69) is 50.2 Å². The molecule has 2 aromatic carbocycles. The van der Waals surface area contributed by atoms with Gasteiger partial charge in [0.05, 0.1) is 0 Å². The topological polar surface area (TPSA) is 83.9 Å². The molecule has 1 atom stereocenters.